The van der Waals surface area contributed by atoms with Crippen LogP contribution in [0.25, 0.3) is 0 Å². The lowest BCUT2D eigenvalue weighted by Gasteiger charge is -2.31. The molecule has 102 valence electrons. The molecule has 5 heteroatoms. The number of benzene rings is 1. The third kappa shape index (κ3) is 2.12. The van der Waals surface area contributed by atoms with Gasteiger partial charge < -0.3 is 16.0 Å². The van der Waals surface area contributed by atoms with Gasteiger partial charge in [-0.3, -0.25) is 4.79 Å². The molecule has 3 rings (SSSR count). The Balaban J connectivity index is 2.15. The first kappa shape index (κ1) is 12.6. The number of pyridine rings is 1. The molecule has 0 atom stereocenters. The van der Waals surface area contributed by atoms with Crippen LogP contribution in [0.3, 0.4) is 0 Å². The first-order valence-corrected chi connectivity index (χ1v) is 6.52. The van der Waals surface area contributed by atoms with E-state index < -0.39 is 0 Å². The van der Waals surface area contributed by atoms with E-state index in [9.17, 15) is 4.79 Å². The normalized spacial score (nSPS) is 13.9. The number of hydrogen-bond acceptors (Lipinski definition) is 4. The van der Waals surface area contributed by atoms with Crippen molar-refractivity contribution in [3.05, 3.63) is 47.7 Å². The summed E-state index contributed by atoms with van der Waals surface area (Å²) in [6, 6.07) is 11.6. The van der Waals surface area contributed by atoms with Crippen molar-refractivity contribution in [2.45, 2.75) is 13.5 Å². The van der Waals surface area contributed by atoms with Crippen LogP contribution in [-0.4, -0.2) is 17.4 Å². The van der Waals surface area contributed by atoms with Gasteiger partial charge in [-0.2, -0.15) is 0 Å². The molecule has 1 aliphatic heterocycles. The molecule has 0 saturated carbocycles. The van der Waals surface area contributed by atoms with Gasteiger partial charge in [0.25, 0.3) is 0 Å². The number of hydrogen-bond donors (Lipinski definition) is 2. The molecule has 0 unspecified atom stereocenters. The van der Waals surface area contributed by atoms with Crippen molar-refractivity contribution in [2.75, 3.05) is 16.8 Å². The molecule has 0 fully saturated rings. The van der Waals surface area contributed by atoms with E-state index in [1.54, 1.807) is 0 Å². The van der Waals surface area contributed by atoms with Crippen LogP contribution in [0.5, 0.6) is 0 Å². The topological polar surface area (TPSA) is 71.2 Å². The fourth-order valence-electron chi connectivity index (χ4n) is 2.39. The number of rotatable bonds is 2. The van der Waals surface area contributed by atoms with E-state index >= 15 is 0 Å². The van der Waals surface area contributed by atoms with Gasteiger partial charge in [-0.25, -0.2) is 4.98 Å². The van der Waals surface area contributed by atoms with Gasteiger partial charge in [0.2, 0.25) is 5.91 Å². The number of para-hydroxylation sites is 2. The maximum Gasteiger partial charge on any atom is 0.244 e. The number of nitrogens with zero attached hydrogens (tertiary/aromatic N) is 2. The van der Waals surface area contributed by atoms with Gasteiger partial charge >= 0.3 is 0 Å². The smallest absolute Gasteiger partial charge is 0.244 e. The molecule has 0 aliphatic carbocycles. The average molecular weight is 268 g/mol. The summed E-state index contributed by atoms with van der Waals surface area (Å²) in [5.41, 5.74) is 9.37. The highest BCUT2D eigenvalue weighted by molar-refractivity contribution is 6.03. The van der Waals surface area contributed by atoms with Crippen LogP contribution < -0.4 is 16.0 Å². The molecular weight excluding hydrogens is 252 g/mol. The van der Waals surface area contributed by atoms with Gasteiger partial charge in [0.15, 0.2) is 0 Å². The summed E-state index contributed by atoms with van der Waals surface area (Å²) in [4.78, 5) is 18.4. The number of aromatic nitrogens is 1. The standard InChI is InChI=1S/C15H16N4O/c1-10-6-7-11(8-16)15(17-10)19-9-14(20)18-12-4-2-3-5-13(12)19/h2-7H,8-9,16H2,1H3,(H,18,20). The molecule has 3 N–H and O–H groups in total. The number of nitrogens with two attached hydrogens (primary N) is 1. The molecule has 20 heavy (non-hydrogen) atoms. The minimum Gasteiger partial charge on any atom is -0.326 e. The molecule has 1 aliphatic rings. The van der Waals surface area contributed by atoms with Crippen molar-refractivity contribution in [3.63, 3.8) is 0 Å². The van der Waals surface area contributed by atoms with Crippen LogP contribution >= 0.6 is 0 Å². The minimum absolute atomic E-state index is 0.0463. The molecule has 5 nitrogen and oxygen atoms in total. The SMILES string of the molecule is Cc1ccc(CN)c(N2CC(=O)Nc3ccccc32)n1. The fraction of sp³-hybridized carbons (Fsp3) is 0.200. The number of anilines is 3. The Morgan fingerprint density at radius 2 is 2.10 bits per heavy atom. The van der Waals surface area contributed by atoms with E-state index in [4.69, 9.17) is 5.73 Å². The fourth-order valence-corrected chi connectivity index (χ4v) is 2.39. The molecule has 1 amide bonds. The highest BCUT2D eigenvalue weighted by Crippen LogP contribution is 2.35. The number of carbonyl (C=O) groups is 1. The maximum absolute atomic E-state index is 11.9. The Kier molecular flexibility index (Phi) is 3.12. The Labute approximate surface area is 117 Å². The van der Waals surface area contributed by atoms with Crippen molar-refractivity contribution in [3.8, 4) is 0 Å². The second-order valence-corrected chi connectivity index (χ2v) is 4.79. The first-order chi connectivity index (χ1) is 9.69. The molecule has 2 heterocycles. The third-order valence-corrected chi connectivity index (χ3v) is 3.34. The van der Waals surface area contributed by atoms with E-state index in [-0.39, 0.29) is 12.5 Å². The Morgan fingerprint density at radius 3 is 2.90 bits per heavy atom. The van der Waals surface area contributed by atoms with Gasteiger partial charge in [0.1, 0.15) is 12.4 Å². The molecule has 1 aromatic heterocycles. The molecule has 0 saturated heterocycles. The third-order valence-electron chi connectivity index (χ3n) is 3.34. The number of fused-ring (bicyclic) bond motifs is 1. The van der Waals surface area contributed by atoms with Gasteiger partial charge in [-0.05, 0) is 25.1 Å². The number of carbonyl (C=O) groups excluding carboxylic acids is 1. The first-order valence-electron chi connectivity index (χ1n) is 6.52. The zero-order chi connectivity index (χ0) is 14.1. The summed E-state index contributed by atoms with van der Waals surface area (Å²) in [5, 5.41) is 2.87. The van der Waals surface area contributed by atoms with Gasteiger partial charge in [-0.15, -0.1) is 0 Å². The molecule has 0 bridgehead atoms. The van der Waals surface area contributed by atoms with E-state index in [0.29, 0.717) is 6.54 Å². The van der Waals surface area contributed by atoms with Crippen LogP contribution in [0, 0.1) is 6.92 Å². The predicted molar refractivity (Wildman–Crippen MR) is 78.9 cm³/mol. The summed E-state index contributed by atoms with van der Waals surface area (Å²) >= 11 is 0. The summed E-state index contributed by atoms with van der Waals surface area (Å²) in [7, 11) is 0. The highest BCUT2D eigenvalue weighted by Gasteiger charge is 2.25. The van der Waals surface area contributed by atoms with E-state index in [1.165, 1.54) is 0 Å². The molecular formula is C15H16N4O. The largest absolute Gasteiger partial charge is 0.326 e. The summed E-state index contributed by atoms with van der Waals surface area (Å²) in [5.74, 6) is 0.713. The monoisotopic (exact) mass is 268 g/mol. The van der Waals surface area contributed by atoms with Crippen LogP contribution in [0.1, 0.15) is 11.3 Å². The van der Waals surface area contributed by atoms with Crippen LogP contribution in [0.2, 0.25) is 0 Å². The van der Waals surface area contributed by atoms with Crippen molar-refractivity contribution in [1.82, 2.24) is 4.98 Å². The minimum atomic E-state index is -0.0463. The average Bonchev–Trinajstić information content (AvgIpc) is 2.46. The van der Waals surface area contributed by atoms with Crippen molar-refractivity contribution in [2.24, 2.45) is 5.73 Å². The van der Waals surface area contributed by atoms with E-state index in [0.717, 1.165) is 28.5 Å². The number of nitrogens with one attached hydrogen (secondary N) is 1. The number of aryl methyl sites for hydroxylation is 1. The lowest BCUT2D eigenvalue weighted by molar-refractivity contribution is -0.115. The van der Waals surface area contributed by atoms with Crippen LogP contribution in [-0.2, 0) is 11.3 Å². The Bertz CT molecular complexity index is 669. The second-order valence-electron chi connectivity index (χ2n) is 4.79. The van der Waals surface area contributed by atoms with Gasteiger partial charge in [0.05, 0.1) is 11.4 Å². The molecule has 0 spiro atoms. The van der Waals surface area contributed by atoms with Crippen molar-refractivity contribution < 1.29 is 4.79 Å². The van der Waals surface area contributed by atoms with Gasteiger partial charge in [-0.1, -0.05) is 18.2 Å². The Hall–Kier alpha value is -2.40. The van der Waals surface area contributed by atoms with Crippen LogP contribution in [0.15, 0.2) is 36.4 Å². The maximum atomic E-state index is 11.9. The van der Waals surface area contributed by atoms with Crippen LogP contribution in [0.4, 0.5) is 17.2 Å². The molecule has 0 radical (unpaired) electrons. The molecule has 1 aromatic carbocycles. The zero-order valence-corrected chi connectivity index (χ0v) is 11.3. The Morgan fingerprint density at radius 1 is 1.30 bits per heavy atom. The van der Waals surface area contributed by atoms with Crippen molar-refractivity contribution in [1.29, 1.82) is 0 Å². The lowest BCUT2D eigenvalue weighted by Crippen LogP contribution is -2.36. The molecule has 2 aromatic rings. The highest BCUT2D eigenvalue weighted by atomic mass is 16.2. The summed E-state index contributed by atoms with van der Waals surface area (Å²) in [6.45, 7) is 2.57. The quantitative estimate of drug-likeness (QED) is 0.873. The van der Waals surface area contributed by atoms with E-state index in [2.05, 4.69) is 10.3 Å². The predicted octanol–water partition coefficient (Wildman–Crippen LogP) is 1.94. The van der Waals surface area contributed by atoms with E-state index in [1.807, 2.05) is 48.2 Å². The number of amides is 1. The summed E-state index contributed by atoms with van der Waals surface area (Å²) < 4.78 is 0. The zero-order valence-electron chi connectivity index (χ0n) is 11.3. The summed E-state index contributed by atoms with van der Waals surface area (Å²) in [6.07, 6.45) is 0. The van der Waals surface area contributed by atoms with Gasteiger partial charge in [0, 0.05) is 17.8 Å². The van der Waals surface area contributed by atoms with Crippen molar-refractivity contribution >= 4 is 23.1 Å². The second kappa shape index (κ2) is 4.94. The lowest BCUT2D eigenvalue weighted by atomic mass is 10.1.